The van der Waals surface area contributed by atoms with Gasteiger partial charge in [-0.3, -0.25) is 19.3 Å². The number of halogens is 5. The molecule has 0 spiro atoms. The molecule has 1 aromatic heterocycles. The van der Waals surface area contributed by atoms with Gasteiger partial charge in [-0.1, -0.05) is 47.5 Å². The minimum absolute atomic E-state index is 0.0826. The zero-order valence-electron chi connectivity index (χ0n) is 19.7. The van der Waals surface area contributed by atoms with E-state index in [0.717, 1.165) is 22.5 Å². The molecule has 0 saturated carbocycles. The molecule has 12 heteroatoms. The van der Waals surface area contributed by atoms with Gasteiger partial charge in [0.1, 0.15) is 6.54 Å². The first kappa shape index (κ1) is 26.9. The Morgan fingerprint density at radius 2 is 1.77 bits per heavy atom. The van der Waals surface area contributed by atoms with Crippen LogP contribution in [0, 0.1) is 17.5 Å². The lowest BCUT2D eigenvalue weighted by Crippen LogP contribution is -2.36. The van der Waals surface area contributed by atoms with Crippen LogP contribution in [0.25, 0.3) is 17.0 Å². The van der Waals surface area contributed by atoms with Crippen LogP contribution < -0.4 is 5.32 Å². The Balaban J connectivity index is 1.38. The van der Waals surface area contributed by atoms with E-state index in [0.29, 0.717) is 44.9 Å². The van der Waals surface area contributed by atoms with Crippen LogP contribution in [0.5, 0.6) is 0 Å². The van der Waals surface area contributed by atoms with Crippen LogP contribution in [0.3, 0.4) is 0 Å². The van der Waals surface area contributed by atoms with Gasteiger partial charge in [-0.2, -0.15) is 0 Å². The van der Waals surface area contributed by atoms with Crippen molar-refractivity contribution < 1.29 is 27.6 Å². The summed E-state index contributed by atoms with van der Waals surface area (Å²) >= 11 is 13.0. The van der Waals surface area contributed by atoms with E-state index in [-0.39, 0.29) is 4.91 Å². The number of nitrogens with zero attached hydrogens (tertiary/aromatic N) is 2. The molecule has 0 aliphatic carbocycles. The molecular formula is C27H16Cl2F3N3O3S. The van der Waals surface area contributed by atoms with Gasteiger partial charge in [-0.25, -0.2) is 13.2 Å². The third-order valence-electron chi connectivity index (χ3n) is 5.95. The third-order valence-corrected chi connectivity index (χ3v) is 7.44. The van der Waals surface area contributed by atoms with Gasteiger partial charge in [0.25, 0.3) is 11.1 Å². The van der Waals surface area contributed by atoms with E-state index in [1.807, 2.05) is 41.1 Å². The predicted octanol–water partition coefficient (Wildman–Crippen LogP) is 7.09. The highest BCUT2D eigenvalue weighted by Crippen LogP contribution is 2.34. The second kappa shape index (κ2) is 10.8. The van der Waals surface area contributed by atoms with Gasteiger partial charge in [0.15, 0.2) is 17.5 Å². The number of amides is 3. The Morgan fingerprint density at radius 1 is 1.00 bits per heavy atom. The molecule has 2 heterocycles. The first-order chi connectivity index (χ1) is 18.6. The summed E-state index contributed by atoms with van der Waals surface area (Å²) in [4.78, 5) is 38.7. The number of hydrogen-bond acceptors (Lipinski definition) is 4. The SMILES string of the molecule is O=C(CN1C(=O)S/C(=C/c2cn(Cc3ccc(Cl)cc3Cl)c3ccccc23)C1=O)Nc1ccc(F)c(F)c1F. The number of carbonyl (C=O) groups excluding carboxylic acids is 3. The topological polar surface area (TPSA) is 71.4 Å². The fourth-order valence-corrected chi connectivity index (χ4v) is 5.39. The van der Waals surface area contributed by atoms with Crippen molar-refractivity contribution in [3.63, 3.8) is 0 Å². The summed E-state index contributed by atoms with van der Waals surface area (Å²) in [7, 11) is 0. The van der Waals surface area contributed by atoms with Crippen LogP contribution in [0.15, 0.2) is 65.7 Å². The van der Waals surface area contributed by atoms with Crippen molar-refractivity contribution in [3.05, 3.63) is 104 Å². The average molecular weight is 590 g/mol. The Labute approximate surface area is 234 Å². The van der Waals surface area contributed by atoms with E-state index in [9.17, 15) is 27.6 Å². The summed E-state index contributed by atoms with van der Waals surface area (Å²) < 4.78 is 42.4. The molecule has 1 aliphatic rings. The van der Waals surface area contributed by atoms with Gasteiger partial charge in [0, 0.05) is 39.3 Å². The van der Waals surface area contributed by atoms with Crippen LogP contribution >= 0.6 is 35.0 Å². The molecule has 6 nitrogen and oxygen atoms in total. The molecule has 5 rings (SSSR count). The second-order valence-electron chi connectivity index (χ2n) is 8.50. The van der Waals surface area contributed by atoms with Gasteiger partial charge in [-0.15, -0.1) is 0 Å². The van der Waals surface area contributed by atoms with Crippen molar-refractivity contribution in [1.29, 1.82) is 0 Å². The largest absolute Gasteiger partial charge is 0.342 e. The number of fused-ring (bicyclic) bond motifs is 1. The zero-order valence-corrected chi connectivity index (χ0v) is 22.0. The zero-order chi connectivity index (χ0) is 27.8. The number of carbonyl (C=O) groups is 3. The standard InChI is InChI=1S/C27H16Cl2F3N3O3S/c28-16-6-5-14(18(29)10-16)11-34-12-15(17-3-1-2-4-21(17)34)9-22-26(37)35(27(38)39-22)13-23(36)33-20-8-7-19(30)24(31)25(20)32/h1-10,12H,11,13H2,(H,33,36)/b22-9+. The third kappa shape index (κ3) is 5.40. The van der Waals surface area contributed by atoms with Crippen LogP contribution in [-0.2, 0) is 16.1 Å². The average Bonchev–Trinajstić information content (AvgIpc) is 3.38. The lowest BCUT2D eigenvalue weighted by atomic mass is 10.1. The van der Waals surface area contributed by atoms with Crippen molar-refractivity contribution in [2.75, 3.05) is 11.9 Å². The summed E-state index contributed by atoms with van der Waals surface area (Å²) in [5, 5.41) is 3.19. The van der Waals surface area contributed by atoms with Gasteiger partial charge in [0.2, 0.25) is 5.91 Å². The van der Waals surface area contributed by atoms with Crippen molar-refractivity contribution in [2.45, 2.75) is 6.54 Å². The van der Waals surface area contributed by atoms with E-state index in [4.69, 9.17) is 23.2 Å². The minimum Gasteiger partial charge on any atom is -0.342 e. The molecule has 0 bridgehead atoms. The molecular weight excluding hydrogens is 574 g/mol. The number of hydrogen-bond donors (Lipinski definition) is 1. The second-order valence-corrected chi connectivity index (χ2v) is 10.3. The summed E-state index contributed by atoms with van der Waals surface area (Å²) in [5.41, 5.74) is 1.74. The Bertz CT molecular complexity index is 1710. The van der Waals surface area contributed by atoms with Gasteiger partial charge in [-0.05, 0) is 53.7 Å². The van der Waals surface area contributed by atoms with E-state index in [1.165, 1.54) is 0 Å². The Hall–Kier alpha value is -3.73. The number of rotatable bonds is 6. The molecule has 39 heavy (non-hydrogen) atoms. The van der Waals surface area contributed by atoms with E-state index < -0.39 is 46.7 Å². The summed E-state index contributed by atoms with van der Waals surface area (Å²) in [6.07, 6.45) is 3.38. The van der Waals surface area contributed by atoms with Crippen molar-refractivity contribution in [1.82, 2.24) is 9.47 Å². The Kier molecular flexibility index (Phi) is 7.44. The fraction of sp³-hybridized carbons (Fsp3) is 0.0741. The molecule has 4 aromatic rings. The quantitative estimate of drug-likeness (QED) is 0.192. The number of benzene rings is 3. The molecule has 0 radical (unpaired) electrons. The van der Waals surface area contributed by atoms with Crippen LogP contribution in [-0.4, -0.2) is 33.1 Å². The maximum absolute atomic E-state index is 13.9. The summed E-state index contributed by atoms with van der Waals surface area (Å²) in [5.74, 6) is -6.43. The van der Waals surface area contributed by atoms with Crippen LogP contribution in [0.4, 0.5) is 23.7 Å². The number of aromatic nitrogens is 1. The summed E-state index contributed by atoms with van der Waals surface area (Å²) in [6, 6.07) is 14.2. The van der Waals surface area contributed by atoms with Crippen LogP contribution in [0.1, 0.15) is 11.1 Å². The smallest absolute Gasteiger partial charge is 0.294 e. The fourth-order valence-electron chi connectivity index (χ4n) is 4.09. The molecule has 0 unspecified atom stereocenters. The highest BCUT2D eigenvalue weighted by atomic mass is 35.5. The molecule has 1 aliphatic heterocycles. The first-order valence-electron chi connectivity index (χ1n) is 11.3. The maximum Gasteiger partial charge on any atom is 0.294 e. The molecule has 1 fully saturated rings. The van der Waals surface area contributed by atoms with Gasteiger partial charge < -0.3 is 9.88 Å². The van der Waals surface area contributed by atoms with E-state index >= 15 is 0 Å². The van der Waals surface area contributed by atoms with Gasteiger partial charge in [0.05, 0.1) is 10.6 Å². The minimum atomic E-state index is -1.75. The first-order valence-corrected chi connectivity index (χ1v) is 12.9. The molecule has 3 amide bonds. The predicted molar refractivity (Wildman–Crippen MR) is 145 cm³/mol. The Morgan fingerprint density at radius 3 is 2.54 bits per heavy atom. The van der Waals surface area contributed by atoms with Gasteiger partial charge >= 0.3 is 0 Å². The highest BCUT2D eigenvalue weighted by Gasteiger charge is 2.36. The molecule has 0 atom stereocenters. The number of anilines is 1. The van der Waals surface area contributed by atoms with E-state index in [2.05, 4.69) is 5.32 Å². The number of nitrogens with one attached hydrogen (secondary N) is 1. The van der Waals surface area contributed by atoms with Crippen molar-refractivity contribution in [2.24, 2.45) is 0 Å². The lowest BCUT2D eigenvalue weighted by molar-refractivity contribution is -0.127. The lowest BCUT2D eigenvalue weighted by Gasteiger charge is -2.13. The number of para-hydroxylation sites is 1. The van der Waals surface area contributed by atoms with Crippen LogP contribution in [0.2, 0.25) is 10.0 Å². The number of thioether (sulfide) groups is 1. The number of imide groups is 1. The molecule has 1 saturated heterocycles. The monoisotopic (exact) mass is 589 g/mol. The highest BCUT2D eigenvalue weighted by molar-refractivity contribution is 8.18. The van der Waals surface area contributed by atoms with E-state index in [1.54, 1.807) is 18.2 Å². The van der Waals surface area contributed by atoms with Crippen molar-refractivity contribution in [3.8, 4) is 0 Å². The normalized spacial score (nSPS) is 14.6. The summed E-state index contributed by atoms with van der Waals surface area (Å²) in [6.45, 7) is -0.316. The molecule has 1 N–H and O–H groups in total. The maximum atomic E-state index is 13.9. The molecule has 3 aromatic carbocycles. The molecule has 198 valence electrons. The van der Waals surface area contributed by atoms with Crippen molar-refractivity contribution >= 4 is 74.7 Å².